The van der Waals surface area contributed by atoms with Gasteiger partial charge in [0.05, 0.1) is 4.90 Å². The average molecular weight is 403 g/mol. The predicted octanol–water partition coefficient (Wildman–Crippen LogP) is -0.0763. The van der Waals surface area contributed by atoms with E-state index in [4.69, 9.17) is 4.55 Å². The summed E-state index contributed by atoms with van der Waals surface area (Å²) in [7, 11) is -15.6. The fraction of sp³-hybridized carbons (Fsp3) is 0.200. The van der Waals surface area contributed by atoms with Crippen molar-refractivity contribution in [3.63, 3.8) is 0 Å². The number of phenolic OH excluding ortho intramolecular Hbond substituents is 1. The lowest BCUT2D eigenvalue weighted by Crippen LogP contribution is -2.42. The van der Waals surface area contributed by atoms with Crippen molar-refractivity contribution < 1.29 is 46.8 Å². The largest absolute Gasteiger partial charge is 0.508 e. The van der Waals surface area contributed by atoms with Crippen LogP contribution in [0.1, 0.15) is 5.56 Å². The average Bonchev–Trinajstić information content (AvgIpc) is 2.37. The normalized spacial score (nSPS) is 13.7. The molecule has 11 nitrogen and oxygen atoms in total. The van der Waals surface area contributed by atoms with Crippen LogP contribution in [0.15, 0.2) is 35.7 Å². The SMILES string of the molecule is C=CC(NCc1cc(S(=O)(=O)O)ccc1O)(P(=O)(O)O)P(=O)(O)O. The van der Waals surface area contributed by atoms with Crippen molar-refractivity contribution in [1.82, 2.24) is 5.32 Å². The highest BCUT2D eigenvalue weighted by molar-refractivity contribution is 7.85. The van der Waals surface area contributed by atoms with Gasteiger partial charge in [0.2, 0.25) is 5.02 Å². The van der Waals surface area contributed by atoms with E-state index in [1.165, 1.54) is 0 Å². The van der Waals surface area contributed by atoms with Crippen molar-refractivity contribution in [3.05, 3.63) is 36.4 Å². The fourth-order valence-corrected chi connectivity index (χ4v) is 4.71. The molecule has 0 spiro atoms. The second-order valence-electron chi connectivity index (χ2n) is 4.64. The maximum atomic E-state index is 11.5. The minimum Gasteiger partial charge on any atom is -0.508 e. The third kappa shape index (κ3) is 4.12. The van der Waals surface area contributed by atoms with E-state index in [1.54, 1.807) is 0 Å². The van der Waals surface area contributed by atoms with E-state index in [9.17, 15) is 42.2 Å². The highest BCUT2D eigenvalue weighted by Gasteiger charge is 2.58. The Hall–Kier alpha value is -1.07. The molecule has 0 aliphatic heterocycles. The molecule has 14 heteroatoms. The Morgan fingerprint density at radius 3 is 2.04 bits per heavy atom. The lowest BCUT2D eigenvalue weighted by molar-refractivity contribution is 0.305. The zero-order valence-corrected chi connectivity index (χ0v) is 14.4. The molecule has 0 saturated carbocycles. The molecule has 0 aliphatic carbocycles. The second-order valence-corrected chi connectivity index (χ2v) is 10.00. The zero-order chi connectivity index (χ0) is 19.0. The lowest BCUT2D eigenvalue weighted by Gasteiger charge is -2.32. The Bertz CT molecular complexity index is 817. The smallest absolute Gasteiger partial charge is 0.361 e. The molecule has 0 radical (unpaired) electrons. The van der Waals surface area contributed by atoms with Crippen LogP contribution in [0.2, 0.25) is 0 Å². The molecule has 136 valence electrons. The van der Waals surface area contributed by atoms with Gasteiger partial charge in [-0.25, -0.2) is 0 Å². The molecule has 0 saturated heterocycles. The standard InChI is InChI=1S/C10H15NO10P2S/c1-2-10(22(13,14)15,23(16,17)18)11-6-7-5-8(24(19,20)21)3-4-9(7)12/h2-5,11-12H,1,6H2,(H2,13,14,15)(H2,16,17,18)(H,19,20,21). The Kier molecular flexibility index (Phi) is 5.84. The van der Waals surface area contributed by atoms with Crippen molar-refractivity contribution in [3.8, 4) is 5.75 Å². The summed E-state index contributed by atoms with van der Waals surface area (Å²) in [6.45, 7) is 2.26. The molecule has 1 aromatic carbocycles. The molecular formula is C10H15NO10P2S. The van der Waals surface area contributed by atoms with Crippen molar-refractivity contribution in [1.29, 1.82) is 0 Å². The Labute approximate surface area is 136 Å². The number of benzene rings is 1. The van der Waals surface area contributed by atoms with Gasteiger partial charge in [-0.05, 0) is 24.3 Å². The van der Waals surface area contributed by atoms with E-state index in [0.29, 0.717) is 6.08 Å². The number of nitrogens with one attached hydrogen (secondary N) is 1. The fourth-order valence-electron chi connectivity index (χ4n) is 1.77. The summed E-state index contributed by atoms with van der Waals surface area (Å²) in [6.07, 6.45) is 0.345. The van der Waals surface area contributed by atoms with Crippen LogP contribution < -0.4 is 5.32 Å². The van der Waals surface area contributed by atoms with Crippen LogP contribution in [0.3, 0.4) is 0 Å². The third-order valence-corrected chi connectivity index (χ3v) is 7.93. The number of hydrogen-bond donors (Lipinski definition) is 7. The molecular weight excluding hydrogens is 388 g/mol. The van der Waals surface area contributed by atoms with E-state index < -0.39 is 47.5 Å². The quantitative estimate of drug-likeness (QED) is 0.182. The van der Waals surface area contributed by atoms with Crippen molar-refractivity contribution in [2.24, 2.45) is 0 Å². The van der Waals surface area contributed by atoms with E-state index in [2.05, 4.69) is 6.58 Å². The summed E-state index contributed by atoms with van der Waals surface area (Å²) in [4.78, 5) is 36.5. The van der Waals surface area contributed by atoms with Gasteiger partial charge in [-0.15, -0.1) is 0 Å². The first-order valence-electron chi connectivity index (χ1n) is 5.95. The van der Waals surface area contributed by atoms with E-state index in [-0.39, 0.29) is 5.56 Å². The minimum atomic E-state index is -5.47. The zero-order valence-electron chi connectivity index (χ0n) is 11.8. The predicted molar refractivity (Wildman–Crippen MR) is 81.8 cm³/mol. The highest BCUT2D eigenvalue weighted by Crippen LogP contribution is 2.68. The lowest BCUT2D eigenvalue weighted by atomic mass is 10.2. The van der Waals surface area contributed by atoms with Gasteiger partial charge >= 0.3 is 15.2 Å². The summed E-state index contributed by atoms with van der Waals surface area (Å²) >= 11 is 0. The van der Waals surface area contributed by atoms with Gasteiger partial charge in [0.15, 0.2) is 0 Å². The maximum absolute atomic E-state index is 11.5. The van der Waals surface area contributed by atoms with Gasteiger partial charge in [-0.3, -0.25) is 19.0 Å². The second kappa shape index (κ2) is 6.68. The molecule has 0 fully saturated rings. The summed E-state index contributed by atoms with van der Waals surface area (Å²) < 4.78 is 54.1. The van der Waals surface area contributed by atoms with Gasteiger partial charge in [-0.1, -0.05) is 6.58 Å². The van der Waals surface area contributed by atoms with Crippen LogP contribution in [-0.4, -0.2) is 42.7 Å². The van der Waals surface area contributed by atoms with Gasteiger partial charge in [0.25, 0.3) is 10.1 Å². The minimum absolute atomic E-state index is 0.293. The summed E-state index contributed by atoms with van der Waals surface area (Å²) in [5.74, 6) is -0.538. The van der Waals surface area contributed by atoms with Crippen LogP contribution >= 0.6 is 15.2 Å². The van der Waals surface area contributed by atoms with Crippen LogP contribution in [-0.2, 0) is 25.8 Å². The Balaban J connectivity index is 3.34. The van der Waals surface area contributed by atoms with Crippen molar-refractivity contribution in [2.75, 3.05) is 0 Å². The third-order valence-electron chi connectivity index (χ3n) is 3.06. The van der Waals surface area contributed by atoms with Crippen LogP contribution in [0.5, 0.6) is 5.75 Å². The Morgan fingerprint density at radius 1 is 1.17 bits per heavy atom. The molecule has 24 heavy (non-hydrogen) atoms. The summed E-state index contributed by atoms with van der Waals surface area (Å²) in [6, 6.07) is 2.51. The van der Waals surface area contributed by atoms with Gasteiger partial charge in [-0.2, -0.15) is 8.42 Å². The molecule has 1 aromatic rings. The molecule has 0 bridgehead atoms. The number of aromatic hydroxyl groups is 1. The van der Waals surface area contributed by atoms with Gasteiger partial charge < -0.3 is 24.7 Å². The molecule has 0 aliphatic rings. The maximum Gasteiger partial charge on any atom is 0.361 e. The first-order valence-corrected chi connectivity index (χ1v) is 10.6. The molecule has 1 rings (SSSR count). The van der Waals surface area contributed by atoms with Crippen LogP contribution in [0.4, 0.5) is 0 Å². The van der Waals surface area contributed by atoms with E-state index >= 15 is 0 Å². The van der Waals surface area contributed by atoms with Gasteiger partial charge in [0.1, 0.15) is 5.75 Å². The topological polar surface area (TPSA) is 202 Å². The first kappa shape index (κ1) is 21.0. The highest BCUT2D eigenvalue weighted by atomic mass is 32.2. The molecule has 0 amide bonds. The number of hydrogen-bond acceptors (Lipinski definition) is 6. The first-order chi connectivity index (χ1) is 10.7. The monoisotopic (exact) mass is 403 g/mol. The summed E-state index contributed by atoms with van der Waals surface area (Å²) in [5, 5.41) is 8.42. The van der Waals surface area contributed by atoms with E-state index in [0.717, 1.165) is 18.2 Å². The number of rotatable bonds is 7. The van der Waals surface area contributed by atoms with Crippen LogP contribution in [0.25, 0.3) is 0 Å². The molecule has 0 heterocycles. The van der Waals surface area contributed by atoms with E-state index in [1.807, 2.05) is 5.32 Å². The van der Waals surface area contributed by atoms with Crippen molar-refractivity contribution in [2.45, 2.75) is 16.5 Å². The Morgan fingerprint density at radius 2 is 1.67 bits per heavy atom. The number of phenols is 1. The molecule has 7 N–H and O–H groups in total. The summed E-state index contributed by atoms with van der Waals surface area (Å²) in [5.41, 5.74) is -0.293. The van der Waals surface area contributed by atoms with Gasteiger partial charge in [0, 0.05) is 12.1 Å². The van der Waals surface area contributed by atoms with Crippen LogP contribution in [0, 0.1) is 0 Å². The molecule has 0 aromatic heterocycles. The molecule has 0 unspecified atom stereocenters. The van der Waals surface area contributed by atoms with Crippen molar-refractivity contribution >= 4 is 25.3 Å². The molecule has 0 atom stereocenters.